The first-order valence-electron chi connectivity index (χ1n) is 5.12. The number of aromatic amines is 1. The van der Waals surface area contributed by atoms with Gasteiger partial charge in [0.05, 0.1) is 25.2 Å². The third-order valence-corrected chi connectivity index (χ3v) is 5.63. The predicted octanol–water partition coefficient (Wildman–Crippen LogP) is 3.48. The average Bonchev–Trinajstić information content (AvgIpc) is 2.64. The van der Waals surface area contributed by atoms with Gasteiger partial charge in [0.15, 0.2) is 9.84 Å². The van der Waals surface area contributed by atoms with Gasteiger partial charge in [0.2, 0.25) is 0 Å². The average molecular weight is 404 g/mol. The summed E-state index contributed by atoms with van der Waals surface area (Å²) < 4.78 is 24.1. The molecule has 7 heteroatoms. The normalized spacial score (nSPS) is 11.3. The molecule has 0 atom stereocenters. The summed E-state index contributed by atoms with van der Waals surface area (Å²) in [7, 11) is -3.21. The molecule has 2 rings (SSSR count). The highest BCUT2D eigenvalue weighted by molar-refractivity contribution is 9.13. The van der Waals surface area contributed by atoms with Gasteiger partial charge in [0.25, 0.3) is 0 Å². The zero-order valence-electron chi connectivity index (χ0n) is 9.74. The number of hydrogen-bond donors (Lipinski definition) is 1. The van der Waals surface area contributed by atoms with Gasteiger partial charge >= 0.3 is 0 Å². The van der Waals surface area contributed by atoms with Crippen LogP contribution in [0.1, 0.15) is 5.56 Å². The van der Waals surface area contributed by atoms with Crippen LogP contribution in [0.25, 0.3) is 11.3 Å². The molecule has 1 aromatic carbocycles. The molecule has 98 valence electrons. The third-order valence-electron chi connectivity index (χ3n) is 2.58. The van der Waals surface area contributed by atoms with Crippen molar-refractivity contribution in [1.29, 1.82) is 5.26 Å². The van der Waals surface area contributed by atoms with Crippen molar-refractivity contribution in [2.45, 2.75) is 4.90 Å². The van der Waals surface area contributed by atoms with E-state index in [1.807, 2.05) is 0 Å². The number of nitrogens with zero attached hydrogens (tertiary/aromatic N) is 1. The number of benzene rings is 1. The van der Waals surface area contributed by atoms with E-state index in [2.05, 4.69) is 42.9 Å². The summed E-state index contributed by atoms with van der Waals surface area (Å²) in [6.07, 6.45) is 1.16. The van der Waals surface area contributed by atoms with Crippen LogP contribution in [-0.2, 0) is 9.84 Å². The maximum Gasteiger partial charge on any atom is 0.175 e. The van der Waals surface area contributed by atoms with Crippen LogP contribution in [0.15, 0.2) is 38.2 Å². The lowest BCUT2D eigenvalue weighted by molar-refractivity contribution is 0.602. The molecule has 0 saturated heterocycles. The standard InChI is InChI=1S/C12H8Br2N2O2S/c1-19(17,18)8-4-2-7(3-5-8)11-9(6-15)10(13)12(14)16-11/h2-5,16H,1H3. The predicted molar refractivity (Wildman–Crippen MR) is 79.5 cm³/mol. The fourth-order valence-corrected chi connectivity index (χ4v) is 3.05. The van der Waals surface area contributed by atoms with Crippen molar-refractivity contribution in [3.63, 3.8) is 0 Å². The second kappa shape index (κ2) is 5.12. The van der Waals surface area contributed by atoms with E-state index in [1.165, 1.54) is 12.1 Å². The van der Waals surface area contributed by atoms with Gasteiger partial charge in [-0.05, 0) is 49.6 Å². The summed E-state index contributed by atoms with van der Waals surface area (Å²) in [5.74, 6) is 0. The molecule has 0 amide bonds. The van der Waals surface area contributed by atoms with Crippen molar-refractivity contribution in [2.75, 3.05) is 6.26 Å². The van der Waals surface area contributed by atoms with Crippen molar-refractivity contribution < 1.29 is 8.42 Å². The van der Waals surface area contributed by atoms with Crippen LogP contribution in [0.3, 0.4) is 0 Å². The molecule has 1 heterocycles. The molecule has 0 bridgehead atoms. The Morgan fingerprint density at radius 1 is 1.21 bits per heavy atom. The lowest BCUT2D eigenvalue weighted by atomic mass is 10.1. The van der Waals surface area contributed by atoms with Crippen LogP contribution in [0.4, 0.5) is 0 Å². The molecule has 2 aromatic rings. The number of aromatic nitrogens is 1. The molecular weight excluding hydrogens is 396 g/mol. The number of nitriles is 1. The van der Waals surface area contributed by atoms with E-state index in [1.54, 1.807) is 12.1 Å². The van der Waals surface area contributed by atoms with Gasteiger partial charge in [-0.2, -0.15) is 5.26 Å². The van der Waals surface area contributed by atoms with Gasteiger partial charge in [-0.25, -0.2) is 8.42 Å². The minimum Gasteiger partial charge on any atom is -0.347 e. The van der Waals surface area contributed by atoms with Crippen LogP contribution >= 0.6 is 31.9 Å². The first-order chi connectivity index (χ1) is 8.84. The zero-order valence-corrected chi connectivity index (χ0v) is 13.7. The summed E-state index contributed by atoms with van der Waals surface area (Å²) in [4.78, 5) is 3.29. The summed E-state index contributed by atoms with van der Waals surface area (Å²) in [6.45, 7) is 0. The fraction of sp³-hybridized carbons (Fsp3) is 0.0833. The van der Waals surface area contributed by atoms with Gasteiger partial charge < -0.3 is 4.98 Å². The van der Waals surface area contributed by atoms with Crippen molar-refractivity contribution in [3.8, 4) is 17.3 Å². The molecule has 0 aliphatic rings. The van der Waals surface area contributed by atoms with Crippen LogP contribution in [0.2, 0.25) is 0 Å². The maximum absolute atomic E-state index is 11.4. The largest absolute Gasteiger partial charge is 0.347 e. The highest BCUT2D eigenvalue weighted by Crippen LogP contribution is 2.34. The molecular formula is C12H8Br2N2O2S. The fourth-order valence-electron chi connectivity index (χ4n) is 1.64. The van der Waals surface area contributed by atoms with Crippen LogP contribution in [0.5, 0.6) is 0 Å². The van der Waals surface area contributed by atoms with E-state index in [0.717, 1.165) is 11.8 Å². The Hall–Kier alpha value is -1.10. The second-order valence-electron chi connectivity index (χ2n) is 3.91. The summed E-state index contributed by atoms with van der Waals surface area (Å²) in [6, 6.07) is 8.48. The molecule has 4 nitrogen and oxygen atoms in total. The smallest absolute Gasteiger partial charge is 0.175 e. The molecule has 0 aliphatic heterocycles. The molecule has 0 saturated carbocycles. The Balaban J connectivity index is 2.56. The molecule has 0 radical (unpaired) electrons. The van der Waals surface area contributed by atoms with Crippen molar-refractivity contribution in [3.05, 3.63) is 38.9 Å². The number of halogens is 2. The van der Waals surface area contributed by atoms with Crippen LogP contribution in [-0.4, -0.2) is 19.7 Å². The number of H-pyrrole nitrogens is 1. The number of rotatable bonds is 2. The summed E-state index contributed by atoms with van der Waals surface area (Å²) in [5, 5.41) is 9.14. The van der Waals surface area contributed by atoms with Gasteiger partial charge in [-0.1, -0.05) is 12.1 Å². The molecule has 0 fully saturated rings. The first-order valence-corrected chi connectivity index (χ1v) is 8.60. The molecule has 1 aromatic heterocycles. The summed E-state index contributed by atoms with van der Waals surface area (Å²) in [5.41, 5.74) is 1.86. The minimum absolute atomic E-state index is 0.249. The van der Waals surface area contributed by atoms with Crippen molar-refractivity contribution in [2.24, 2.45) is 0 Å². The molecule has 0 aliphatic carbocycles. The van der Waals surface area contributed by atoms with Gasteiger partial charge in [-0.3, -0.25) is 0 Å². The highest BCUT2D eigenvalue weighted by atomic mass is 79.9. The molecule has 0 unspecified atom stereocenters. The number of nitrogens with one attached hydrogen (secondary N) is 1. The quantitative estimate of drug-likeness (QED) is 0.833. The van der Waals surface area contributed by atoms with E-state index in [-0.39, 0.29) is 4.90 Å². The maximum atomic E-state index is 11.4. The Bertz CT molecular complexity index is 771. The van der Waals surface area contributed by atoms with E-state index >= 15 is 0 Å². The van der Waals surface area contributed by atoms with E-state index in [0.29, 0.717) is 20.3 Å². The Morgan fingerprint density at radius 3 is 2.26 bits per heavy atom. The Kier molecular flexibility index (Phi) is 3.85. The lowest BCUT2D eigenvalue weighted by Crippen LogP contribution is -1.96. The Morgan fingerprint density at radius 2 is 1.79 bits per heavy atom. The topological polar surface area (TPSA) is 73.7 Å². The SMILES string of the molecule is CS(=O)(=O)c1ccc(-c2[nH]c(Br)c(Br)c2C#N)cc1. The zero-order chi connectivity index (χ0) is 14.2. The second-order valence-corrected chi connectivity index (χ2v) is 7.51. The van der Waals surface area contributed by atoms with Gasteiger partial charge in [0.1, 0.15) is 6.07 Å². The highest BCUT2D eigenvalue weighted by Gasteiger charge is 2.16. The van der Waals surface area contributed by atoms with Crippen LogP contribution < -0.4 is 0 Å². The summed E-state index contributed by atoms with van der Waals surface area (Å²) >= 11 is 6.61. The van der Waals surface area contributed by atoms with Gasteiger partial charge in [-0.15, -0.1) is 0 Å². The molecule has 0 spiro atoms. The third kappa shape index (κ3) is 2.76. The van der Waals surface area contributed by atoms with Crippen molar-refractivity contribution in [1.82, 2.24) is 4.98 Å². The van der Waals surface area contributed by atoms with Crippen molar-refractivity contribution >= 4 is 41.7 Å². The Labute approximate surface area is 127 Å². The first kappa shape index (κ1) is 14.3. The lowest BCUT2D eigenvalue weighted by Gasteiger charge is -2.02. The molecule has 19 heavy (non-hydrogen) atoms. The number of hydrogen-bond acceptors (Lipinski definition) is 3. The molecule has 1 N–H and O–H groups in total. The minimum atomic E-state index is -3.21. The van der Waals surface area contributed by atoms with Crippen LogP contribution in [0, 0.1) is 11.3 Å². The van der Waals surface area contributed by atoms with E-state index in [9.17, 15) is 8.42 Å². The van der Waals surface area contributed by atoms with Gasteiger partial charge in [0, 0.05) is 6.26 Å². The van der Waals surface area contributed by atoms with E-state index < -0.39 is 9.84 Å². The van der Waals surface area contributed by atoms with E-state index in [4.69, 9.17) is 5.26 Å². The number of sulfone groups is 1. The monoisotopic (exact) mass is 402 g/mol.